The lowest BCUT2D eigenvalue weighted by Gasteiger charge is -2.21. The van der Waals surface area contributed by atoms with Crippen LogP contribution in [0.3, 0.4) is 0 Å². The van der Waals surface area contributed by atoms with Gasteiger partial charge in [-0.2, -0.15) is 0 Å². The molecule has 0 spiro atoms. The third kappa shape index (κ3) is 3.49. The van der Waals surface area contributed by atoms with E-state index in [4.69, 9.17) is 5.73 Å². The van der Waals surface area contributed by atoms with E-state index in [9.17, 15) is 15.0 Å². The molecule has 1 amide bonds. The molecule has 2 rings (SSSR count). The maximum absolute atomic E-state index is 12.3. The number of carbonyl (C=O) groups is 1. The van der Waals surface area contributed by atoms with E-state index < -0.39 is 6.04 Å². The van der Waals surface area contributed by atoms with Gasteiger partial charge in [0.25, 0.3) is 0 Å². The highest BCUT2D eigenvalue weighted by atomic mass is 16.3. The molecule has 110 valence electrons. The van der Waals surface area contributed by atoms with E-state index in [0.717, 1.165) is 12.0 Å². The smallest absolute Gasteiger partial charge is 0.239 e. The minimum absolute atomic E-state index is 0.0683. The second kappa shape index (κ2) is 6.24. The van der Waals surface area contributed by atoms with Crippen LogP contribution in [0.4, 0.5) is 0 Å². The van der Waals surface area contributed by atoms with E-state index in [-0.39, 0.29) is 23.7 Å². The third-order valence-electron chi connectivity index (χ3n) is 3.93. The van der Waals surface area contributed by atoms with Crippen molar-refractivity contribution in [3.8, 4) is 5.75 Å². The van der Waals surface area contributed by atoms with Gasteiger partial charge in [-0.1, -0.05) is 12.1 Å². The highest BCUT2D eigenvalue weighted by Crippen LogP contribution is 2.20. The lowest BCUT2D eigenvalue weighted by molar-refractivity contribution is -0.131. The zero-order valence-electron chi connectivity index (χ0n) is 11.7. The summed E-state index contributed by atoms with van der Waals surface area (Å²) >= 11 is 0. The van der Waals surface area contributed by atoms with Crippen molar-refractivity contribution in [3.63, 3.8) is 0 Å². The van der Waals surface area contributed by atoms with Gasteiger partial charge in [0.05, 0.1) is 12.1 Å². The van der Waals surface area contributed by atoms with Crippen LogP contribution in [0.25, 0.3) is 0 Å². The van der Waals surface area contributed by atoms with Crippen LogP contribution in [0.15, 0.2) is 24.3 Å². The number of aliphatic hydroxyl groups is 1. The molecule has 5 nitrogen and oxygen atoms in total. The summed E-state index contributed by atoms with van der Waals surface area (Å²) in [7, 11) is 0. The number of aromatic hydroxyl groups is 1. The first-order valence-electron chi connectivity index (χ1n) is 6.97. The van der Waals surface area contributed by atoms with Crippen molar-refractivity contribution in [1.29, 1.82) is 0 Å². The Balaban J connectivity index is 1.91. The fourth-order valence-electron chi connectivity index (χ4n) is 2.59. The fourth-order valence-corrected chi connectivity index (χ4v) is 2.59. The number of likely N-dealkylation sites (tertiary alicyclic amines) is 1. The fraction of sp³-hybridized carbons (Fsp3) is 0.533. The first kappa shape index (κ1) is 14.8. The SMILES string of the molecule is CC(O)C1CCN(C(=O)[C@H](N)Cc2ccc(O)cc2)C1. The molecule has 1 saturated heterocycles. The summed E-state index contributed by atoms with van der Waals surface area (Å²) in [5.74, 6) is 0.286. The number of phenolic OH excluding ortho intramolecular Hbond substituents is 1. The minimum atomic E-state index is -0.577. The van der Waals surface area contributed by atoms with Gasteiger partial charge in [0, 0.05) is 19.0 Å². The highest BCUT2D eigenvalue weighted by Gasteiger charge is 2.31. The van der Waals surface area contributed by atoms with E-state index in [1.807, 2.05) is 0 Å². The summed E-state index contributed by atoms with van der Waals surface area (Å²) in [5, 5.41) is 18.8. The number of carbonyl (C=O) groups excluding carboxylic acids is 1. The summed E-state index contributed by atoms with van der Waals surface area (Å²) in [6.45, 7) is 3.01. The molecule has 0 bridgehead atoms. The molecule has 1 aromatic rings. The van der Waals surface area contributed by atoms with Crippen molar-refractivity contribution in [2.75, 3.05) is 13.1 Å². The molecule has 5 heteroatoms. The van der Waals surface area contributed by atoms with Gasteiger partial charge in [0.2, 0.25) is 5.91 Å². The van der Waals surface area contributed by atoms with Crippen molar-refractivity contribution < 1.29 is 15.0 Å². The monoisotopic (exact) mass is 278 g/mol. The Labute approximate surface area is 119 Å². The molecule has 0 radical (unpaired) electrons. The van der Waals surface area contributed by atoms with Gasteiger partial charge in [0.15, 0.2) is 0 Å². The Hall–Kier alpha value is -1.59. The predicted octanol–water partition coefficient (Wildman–Crippen LogP) is 0.491. The van der Waals surface area contributed by atoms with Crippen LogP contribution < -0.4 is 5.73 Å². The number of hydrogen-bond acceptors (Lipinski definition) is 4. The summed E-state index contributed by atoms with van der Waals surface area (Å²) in [4.78, 5) is 14.0. The number of phenols is 1. The molecule has 0 aromatic heterocycles. The Morgan fingerprint density at radius 2 is 2.10 bits per heavy atom. The second-order valence-electron chi connectivity index (χ2n) is 5.55. The van der Waals surface area contributed by atoms with Gasteiger partial charge < -0.3 is 20.8 Å². The molecule has 2 unspecified atom stereocenters. The number of aliphatic hydroxyl groups excluding tert-OH is 1. The molecule has 0 aliphatic carbocycles. The Morgan fingerprint density at radius 3 is 2.65 bits per heavy atom. The third-order valence-corrected chi connectivity index (χ3v) is 3.93. The predicted molar refractivity (Wildman–Crippen MR) is 76.2 cm³/mol. The molecule has 1 aliphatic heterocycles. The minimum Gasteiger partial charge on any atom is -0.508 e. The zero-order valence-corrected chi connectivity index (χ0v) is 11.7. The van der Waals surface area contributed by atoms with Crippen LogP contribution in [-0.2, 0) is 11.2 Å². The molecule has 1 fully saturated rings. The normalized spacial score (nSPS) is 21.8. The maximum atomic E-state index is 12.3. The number of nitrogens with two attached hydrogens (primary N) is 1. The van der Waals surface area contributed by atoms with Crippen LogP contribution in [0.5, 0.6) is 5.75 Å². The van der Waals surface area contributed by atoms with Crippen molar-refractivity contribution in [2.24, 2.45) is 11.7 Å². The number of nitrogens with zero attached hydrogens (tertiary/aromatic N) is 1. The Bertz CT molecular complexity index is 459. The quantitative estimate of drug-likeness (QED) is 0.748. The largest absolute Gasteiger partial charge is 0.508 e. The first-order valence-corrected chi connectivity index (χ1v) is 6.97. The van der Waals surface area contributed by atoms with Gasteiger partial charge in [-0.15, -0.1) is 0 Å². The van der Waals surface area contributed by atoms with Crippen molar-refractivity contribution in [3.05, 3.63) is 29.8 Å². The second-order valence-corrected chi connectivity index (χ2v) is 5.55. The maximum Gasteiger partial charge on any atom is 0.239 e. The van der Waals surface area contributed by atoms with E-state index >= 15 is 0 Å². The number of hydrogen-bond donors (Lipinski definition) is 3. The van der Waals surface area contributed by atoms with E-state index in [2.05, 4.69) is 0 Å². The van der Waals surface area contributed by atoms with Gasteiger partial charge in [-0.05, 0) is 37.5 Å². The number of rotatable bonds is 4. The summed E-state index contributed by atoms with van der Waals surface area (Å²) in [6, 6.07) is 6.14. The molecule has 1 aromatic carbocycles. The molecule has 3 atom stereocenters. The highest BCUT2D eigenvalue weighted by molar-refractivity contribution is 5.82. The van der Waals surface area contributed by atoms with Crippen molar-refractivity contribution >= 4 is 5.91 Å². The van der Waals surface area contributed by atoms with Crippen LogP contribution in [0.1, 0.15) is 18.9 Å². The zero-order chi connectivity index (χ0) is 14.7. The summed E-state index contributed by atoms with van der Waals surface area (Å²) < 4.78 is 0. The molecule has 1 heterocycles. The standard InChI is InChI=1S/C15H22N2O3/c1-10(18)12-6-7-17(9-12)15(20)14(16)8-11-2-4-13(19)5-3-11/h2-5,10,12,14,18-19H,6-9,16H2,1H3/t10?,12?,14-/m1/s1. The number of benzene rings is 1. The Morgan fingerprint density at radius 1 is 1.45 bits per heavy atom. The van der Waals surface area contributed by atoms with Crippen LogP contribution >= 0.6 is 0 Å². The van der Waals surface area contributed by atoms with Crippen LogP contribution in [0, 0.1) is 5.92 Å². The average Bonchev–Trinajstić information content (AvgIpc) is 2.90. The summed E-state index contributed by atoms with van der Waals surface area (Å²) in [6.07, 6.45) is 0.894. The number of amides is 1. The lowest BCUT2D eigenvalue weighted by atomic mass is 10.0. The Kier molecular flexibility index (Phi) is 4.62. The molecule has 1 aliphatic rings. The first-order chi connectivity index (χ1) is 9.47. The molecule has 20 heavy (non-hydrogen) atoms. The average molecular weight is 278 g/mol. The van der Waals surface area contributed by atoms with Gasteiger partial charge in [-0.25, -0.2) is 0 Å². The van der Waals surface area contributed by atoms with Crippen LogP contribution in [-0.4, -0.2) is 46.3 Å². The topological polar surface area (TPSA) is 86.8 Å². The summed E-state index contributed by atoms with van der Waals surface area (Å²) in [5.41, 5.74) is 6.90. The van der Waals surface area contributed by atoms with Gasteiger partial charge in [-0.3, -0.25) is 4.79 Å². The van der Waals surface area contributed by atoms with Crippen molar-refractivity contribution in [1.82, 2.24) is 4.90 Å². The van der Waals surface area contributed by atoms with E-state index in [1.165, 1.54) is 0 Å². The van der Waals surface area contributed by atoms with Crippen molar-refractivity contribution in [2.45, 2.75) is 31.9 Å². The van der Waals surface area contributed by atoms with E-state index in [1.54, 1.807) is 36.1 Å². The van der Waals surface area contributed by atoms with Crippen LogP contribution in [0.2, 0.25) is 0 Å². The molecule has 4 N–H and O–H groups in total. The molecular formula is C15H22N2O3. The molecule has 0 saturated carbocycles. The van der Waals surface area contributed by atoms with E-state index in [0.29, 0.717) is 19.5 Å². The van der Waals surface area contributed by atoms with Gasteiger partial charge in [0.1, 0.15) is 5.75 Å². The molecular weight excluding hydrogens is 256 g/mol. The lowest BCUT2D eigenvalue weighted by Crippen LogP contribution is -2.44. The van der Waals surface area contributed by atoms with Gasteiger partial charge >= 0.3 is 0 Å².